The van der Waals surface area contributed by atoms with Crippen LogP contribution in [0.3, 0.4) is 0 Å². The molecule has 140 valence electrons. The van der Waals surface area contributed by atoms with Gasteiger partial charge < -0.3 is 16.0 Å². The van der Waals surface area contributed by atoms with Crippen molar-refractivity contribution in [2.45, 2.75) is 45.6 Å². The van der Waals surface area contributed by atoms with Crippen LogP contribution in [0.15, 0.2) is 18.2 Å². The number of hydrogen-bond donors (Lipinski definition) is 3. The number of anilines is 1. The molecule has 1 fully saturated rings. The Bertz CT molecular complexity index is 614. The predicted octanol–water partition coefficient (Wildman–Crippen LogP) is 3.62. The second-order valence-corrected chi connectivity index (χ2v) is 7.33. The van der Waals surface area contributed by atoms with E-state index in [1.165, 1.54) is 0 Å². The van der Waals surface area contributed by atoms with E-state index < -0.39 is 0 Å². The van der Waals surface area contributed by atoms with Gasteiger partial charge in [0.25, 0.3) is 5.91 Å². The third-order valence-electron chi connectivity index (χ3n) is 4.48. The van der Waals surface area contributed by atoms with E-state index in [1.807, 2.05) is 20.8 Å². The molecule has 2 amide bonds. The van der Waals surface area contributed by atoms with E-state index in [0.29, 0.717) is 22.8 Å². The molecule has 1 unspecified atom stereocenters. The van der Waals surface area contributed by atoms with Crippen LogP contribution in [0, 0.1) is 5.92 Å². The quantitative estimate of drug-likeness (QED) is 0.722. The summed E-state index contributed by atoms with van der Waals surface area (Å²) in [4.78, 5) is 24.6. The maximum Gasteiger partial charge on any atom is 0.253 e. The Morgan fingerprint density at radius 2 is 2.08 bits per heavy atom. The molecule has 1 aromatic carbocycles. The van der Waals surface area contributed by atoms with Crippen LogP contribution in [0.4, 0.5) is 5.69 Å². The number of nitrogens with one attached hydrogen (secondary N) is 3. The number of carbonyl (C=O) groups is 2. The SMILES string of the molecule is CCC(C)(C)NC(=O)c1ccc(NC(=O)C2CCCNC2)cc1Cl.Cl. The Morgan fingerprint density at radius 3 is 2.64 bits per heavy atom. The van der Waals surface area contributed by atoms with Crippen LogP contribution < -0.4 is 16.0 Å². The summed E-state index contributed by atoms with van der Waals surface area (Å²) in [6.45, 7) is 7.61. The van der Waals surface area contributed by atoms with Gasteiger partial charge in [-0.1, -0.05) is 18.5 Å². The van der Waals surface area contributed by atoms with Gasteiger partial charge in [0.2, 0.25) is 5.91 Å². The summed E-state index contributed by atoms with van der Waals surface area (Å²) >= 11 is 6.24. The Morgan fingerprint density at radius 1 is 1.36 bits per heavy atom. The molecule has 3 N–H and O–H groups in total. The van der Waals surface area contributed by atoms with Gasteiger partial charge in [-0.3, -0.25) is 9.59 Å². The molecule has 1 atom stereocenters. The number of piperidine rings is 1. The molecule has 0 aromatic heterocycles. The minimum atomic E-state index is -0.290. The fourth-order valence-electron chi connectivity index (χ4n) is 2.56. The lowest BCUT2D eigenvalue weighted by Gasteiger charge is -2.25. The second kappa shape index (κ2) is 9.41. The van der Waals surface area contributed by atoms with Crippen molar-refractivity contribution in [2.75, 3.05) is 18.4 Å². The molecule has 0 aliphatic carbocycles. The average molecular weight is 388 g/mol. The molecule has 0 radical (unpaired) electrons. The second-order valence-electron chi connectivity index (χ2n) is 6.92. The van der Waals surface area contributed by atoms with E-state index in [2.05, 4.69) is 16.0 Å². The Kier molecular flexibility index (Phi) is 8.19. The van der Waals surface area contributed by atoms with Crippen molar-refractivity contribution in [1.29, 1.82) is 0 Å². The zero-order valence-corrected chi connectivity index (χ0v) is 16.5. The van der Waals surface area contributed by atoms with Gasteiger partial charge in [0, 0.05) is 17.8 Å². The van der Waals surface area contributed by atoms with Crippen molar-refractivity contribution >= 4 is 41.5 Å². The number of rotatable bonds is 5. The number of carbonyl (C=O) groups excluding carboxylic acids is 2. The third kappa shape index (κ3) is 6.17. The normalized spacial score (nSPS) is 17.4. The van der Waals surface area contributed by atoms with E-state index in [4.69, 9.17) is 11.6 Å². The summed E-state index contributed by atoms with van der Waals surface area (Å²) in [6.07, 6.45) is 2.71. The Balaban J connectivity index is 0.00000312. The zero-order valence-electron chi connectivity index (χ0n) is 14.9. The van der Waals surface area contributed by atoms with Gasteiger partial charge in [-0.25, -0.2) is 0 Å². The first-order chi connectivity index (χ1) is 11.3. The Labute approximate surface area is 160 Å². The number of amides is 2. The molecule has 1 aliphatic rings. The number of hydrogen-bond acceptors (Lipinski definition) is 3. The van der Waals surface area contributed by atoms with Crippen molar-refractivity contribution in [3.05, 3.63) is 28.8 Å². The van der Waals surface area contributed by atoms with Gasteiger partial charge >= 0.3 is 0 Å². The fraction of sp³-hybridized carbons (Fsp3) is 0.556. The molecular weight excluding hydrogens is 361 g/mol. The topological polar surface area (TPSA) is 70.2 Å². The summed E-state index contributed by atoms with van der Waals surface area (Å²) in [5.41, 5.74) is 0.735. The minimum Gasteiger partial charge on any atom is -0.347 e. The zero-order chi connectivity index (χ0) is 17.7. The maximum atomic E-state index is 12.3. The first-order valence-electron chi connectivity index (χ1n) is 8.46. The number of halogens is 2. The maximum absolute atomic E-state index is 12.3. The average Bonchev–Trinajstić information content (AvgIpc) is 2.55. The Hall–Kier alpha value is -1.30. The molecule has 0 saturated carbocycles. The van der Waals surface area contributed by atoms with Gasteiger partial charge in [-0.15, -0.1) is 12.4 Å². The molecule has 1 saturated heterocycles. The first-order valence-corrected chi connectivity index (χ1v) is 8.84. The molecule has 25 heavy (non-hydrogen) atoms. The molecule has 7 heteroatoms. The molecule has 1 aliphatic heterocycles. The summed E-state index contributed by atoms with van der Waals surface area (Å²) in [6, 6.07) is 5.00. The lowest BCUT2D eigenvalue weighted by atomic mass is 9.98. The third-order valence-corrected chi connectivity index (χ3v) is 4.80. The van der Waals surface area contributed by atoms with Gasteiger partial charge in [0.15, 0.2) is 0 Å². The first kappa shape index (κ1) is 21.7. The lowest BCUT2D eigenvalue weighted by molar-refractivity contribution is -0.120. The molecule has 0 bridgehead atoms. The highest BCUT2D eigenvalue weighted by molar-refractivity contribution is 6.34. The van der Waals surface area contributed by atoms with Gasteiger partial charge in [-0.2, -0.15) is 0 Å². The van der Waals surface area contributed by atoms with Crippen molar-refractivity contribution in [2.24, 2.45) is 5.92 Å². The van der Waals surface area contributed by atoms with Crippen LogP contribution in [0.1, 0.15) is 50.4 Å². The van der Waals surface area contributed by atoms with Crippen molar-refractivity contribution in [1.82, 2.24) is 10.6 Å². The molecule has 2 rings (SSSR count). The summed E-state index contributed by atoms with van der Waals surface area (Å²) in [5.74, 6) is -0.241. The highest BCUT2D eigenvalue weighted by Crippen LogP contribution is 2.23. The summed E-state index contributed by atoms with van der Waals surface area (Å²) in [7, 11) is 0. The van der Waals surface area contributed by atoms with Crippen LogP contribution >= 0.6 is 24.0 Å². The monoisotopic (exact) mass is 387 g/mol. The van der Waals surface area contributed by atoms with Crippen LogP contribution in [-0.4, -0.2) is 30.4 Å². The van der Waals surface area contributed by atoms with E-state index in [0.717, 1.165) is 25.8 Å². The molecule has 5 nitrogen and oxygen atoms in total. The number of benzene rings is 1. The molecule has 1 heterocycles. The summed E-state index contributed by atoms with van der Waals surface area (Å²) in [5, 5.41) is 9.40. The van der Waals surface area contributed by atoms with E-state index in [-0.39, 0.29) is 35.7 Å². The van der Waals surface area contributed by atoms with Gasteiger partial charge in [0.1, 0.15) is 0 Å². The van der Waals surface area contributed by atoms with E-state index >= 15 is 0 Å². The largest absolute Gasteiger partial charge is 0.347 e. The van der Waals surface area contributed by atoms with Gasteiger partial charge in [-0.05, 0) is 57.9 Å². The summed E-state index contributed by atoms with van der Waals surface area (Å²) < 4.78 is 0. The van der Waals surface area contributed by atoms with Crippen LogP contribution in [-0.2, 0) is 4.79 Å². The molecule has 1 aromatic rings. The van der Waals surface area contributed by atoms with Crippen molar-refractivity contribution in [3.63, 3.8) is 0 Å². The van der Waals surface area contributed by atoms with Crippen LogP contribution in [0.5, 0.6) is 0 Å². The van der Waals surface area contributed by atoms with E-state index in [9.17, 15) is 9.59 Å². The molecular formula is C18H27Cl2N3O2. The fourth-order valence-corrected chi connectivity index (χ4v) is 2.83. The lowest BCUT2D eigenvalue weighted by Crippen LogP contribution is -2.42. The highest BCUT2D eigenvalue weighted by atomic mass is 35.5. The minimum absolute atomic E-state index is 0. The predicted molar refractivity (Wildman–Crippen MR) is 105 cm³/mol. The standard InChI is InChI=1S/C18H26ClN3O2.ClH/c1-4-18(2,3)22-17(24)14-8-7-13(10-15(14)19)21-16(23)12-6-5-9-20-11-12;/h7-8,10,12,20H,4-6,9,11H2,1-3H3,(H,21,23)(H,22,24);1H. The van der Waals surface area contributed by atoms with Crippen LogP contribution in [0.2, 0.25) is 5.02 Å². The smallest absolute Gasteiger partial charge is 0.253 e. The van der Waals surface area contributed by atoms with Crippen LogP contribution in [0.25, 0.3) is 0 Å². The highest BCUT2D eigenvalue weighted by Gasteiger charge is 2.22. The molecule has 0 spiro atoms. The van der Waals surface area contributed by atoms with Crippen molar-refractivity contribution < 1.29 is 9.59 Å². The van der Waals surface area contributed by atoms with Gasteiger partial charge in [0.05, 0.1) is 16.5 Å². The van der Waals surface area contributed by atoms with E-state index in [1.54, 1.807) is 18.2 Å². The van der Waals surface area contributed by atoms with Crippen molar-refractivity contribution in [3.8, 4) is 0 Å².